The van der Waals surface area contributed by atoms with Gasteiger partial charge in [0.25, 0.3) is 0 Å². The van der Waals surface area contributed by atoms with Gasteiger partial charge in [0.1, 0.15) is 5.75 Å². The van der Waals surface area contributed by atoms with Gasteiger partial charge >= 0.3 is 5.97 Å². The van der Waals surface area contributed by atoms with Crippen molar-refractivity contribution in [2.24, 2.45) is 0 Å². The number of carboxylic acid groups (broad SMARTS) is 1. The first-order chi connectivity index (χ1) is 11.5. The number of hydrogen-bond donors (Lipinski definition) is 1. The molecule has 0 fully saturated rings. The monoisotopic (exact) mass is 348 g/mol. The van der Waals surface area contributed by atoms with Gasteiger partial charge in [-0.25, -0.2) is 4.98 Å². The number of nitrogens with zero attached hydrogens (tertiary/aromatic N) is 2. The third-order valence-electron chi connectivity index (χ3n) is 3.80. The van der Waals surface area contributed by atoms with Crippen LogP contribution in [0.2, 0.25) is 0 Å². The fraction of sp³-hybridized carbons (Fsp3) is 0.444. The number of anilines is 1. The maximum atomic E-state index is 11.2. The average molecular weight is 348 g/mol. The molecular weight excluding hydrogens is 324 g/mol. The van der Waals surface area contributed by atoms with Crippen LogP contribution in [0.15, 0.2) is 18.2 Å². The van der Waals surface area contributed by atoms with Gasteiger partial charge in [-0.3, -0.25) is 4.79 Å². The Hall–Kier alpha value is -2.08. The normalized spacial score (nSPS) is 10.7. The number of thiazole rings is 1. The summed E-state index contributed by atoms with van der Waals surface area (Å²) in [5, 5.41) is 10.1. The van der Waals surface area contributed by atoms with Crippen LogP contribution in [-0.4, -0.2) is 35.8 Å². The van der Waals surface area contributed by atoms with E-state index in [1.54, 1.807) is 0 Å². The van der Waals surface area contributed by atoms with Crippen molar-refractivity contribution in [3.05, 3.63) is 28.6 Å². The molecule has 130 valence electrons. The number of aliphatic carboxylic acids is 1. The molecule has 0 aliphatic carbocycles. The van der Waals surface area contributed by atoms with E-state index in [-0.39, 0.29) is 6.42 Å². The van der Waals surface area contributed by atoms with Crippen molar-refractivity contribution in [1.82, 2.24) is 4.98 Å². The molecule has 5 nitrogen and oxygen atoms in total. The SMILES string of the molecule is CCOc1ccc(-c2nc(N(CC)CC)sc2CC(=O)O)c(C)c1. The number of carboxylic acids is 1. The lowest BCUT2D eigenvalue weighted by Gasteiger charge is -2.16. The second-order valence-corrected chi connectivity index (χ2v) is 6.48. The molecule has 0 bridgehead atoms. The van der Waals surface area contributed by atoms with E-state index in [9.17, 15) is 9.90 Å². The van der Waals surface area contributed by atoms with Gasteiger partial charge in [-0.05, 0) is 51.5 Å². The Morgan fingerprint density at radius 2 is 2.00 bits per heavy atom. The van der Waals surface area contributed by atoms with Gasteiger partial charge in [-0.15, -0.1) is 11.3 Å². The van der Waals surface area contributed by atoms with E-state index in [2.05, 4.69) is 18.7 Å². The van der Waals surface area contributed by atoms with Crippen LogP contribution in [0.25, 0.3) is 11.3 Å². The lowest BCUT2D eigenvalue weighted by molar-refractivity contribution is -0.136. The van der Waals surface area contributed by atoms with Crippen molar-refractivity contribution >= 4 is 22.4 Å². The number of hydrogen-bond acceptors (Lipinski definition) is 5. The summed E-state index contributed by atoms with van der Waals surface area (Å²) in [6.45, 7) is 10.4. The summed E-state index contributed by atoms with van der Waals surface area (Å²) < 4.78 is 5.53. The summed E-state index contributed by atoms with van der Waals surface area (Å²) in [6.07, 6.45) is -0.0130. The largest absolute Gasteiger partial charge is 0.494 e. The van der Waals surface area contributed by atoms with E-state index < -0.39 is 5.97 Å². The first kappa shape index (κ1) is 18.3. The fourth-order valence-corrected chi connectivity index (χ4v) is 3.79. The fourth-order valence-electron chi connectivity index (χ4n) is 2.59. The molecule has 1 N–H and O–H groups in total. The Kier molecular flexibility index (Phi) is 6.20. The molecule has 1 aromatic heterocycles. The molecule has 0 unspecified atom stereocenters. The Labute approximate surface area is 146 Å². The van der Waals surface area contributed by atoms with Gasteiger partial charge in [-0.1, -0.05) is 0 Å². The van der Waals surface area contributed by atoms with Crippen LogP contribution < -0.4 is 9.64 Å². The van der Waals surface area contributed by atoms with Crippen LogP contribution in [0, 0.1) is 6.92 Å². The first-order valence-corrected chi connectivity index (χ1v) is 9.02. The standard InChI is InChI=1S/C18H24N2O3S/c1-5-20(6-2)18-19-17(15(24-18)11-16(21)22)14-9-8-13(23-7-3)10-12(14)4/h8-10H,5-7,11H2,1-4H3,(H,21,22). The molecule has 1 heterocycles. The Morgan fingerprint density at radius 1 is 1.29 bits per heavy atom. The molecule has 0 aliphatic rings. The molecule has 0 atom stereocenters. The highest BCUT2D eigenvalue weighted by Crippen LogP contribution is 2.36. The first-order valence-electron chi connectivity index (χ1n) is 8.20. The van der Waals surface area contributed by atoms with Crippen LogP contribution in [0.5, 0.6) is 5.75 Å². The molecule has 0 aliphatic heterocycles. The summed E-state index contributed by atoms with van der Waals surface area (Å²) in [5.41, 5.74) is 2.76. The molecule has 2 aromatic rings. The predicted molar refractivity (Wildman–Crippen MR) is 98.4 cm³/mol. The van der Waals surface area contributed by atoms with E-state index in [0.717, 1.165) is 45.7 Å². The maximum Gasteiger partial charge on any atom is 0.308 e. The summed E-state index contributed by atoms with van der Waals surface area (Å²) >= 11 is 1.47. The maximum absolute atomic E-state index is 11.2. The average Bonchev–Trinajstić information content (AvgIpc) is 2.91. The lowest BCUT2D eigenvalue weighted by Crippen LogP contribution is -2.21. The quantitative estimate of drug-likeness (QED) is 0.781. The van der Waals surface area contributed by atoms with E-state index in [4.69, 9.17) is 9.72 Å². The van der Waals surface area contributed by atoms with E-state index in [1.807, 2.05) is 32.0 Å². The van der Waals surface area contributed by atoms with E-state index in [0.29, 0.717) is 6.61 Å². The summed E-state index contributed by atoms with van der Waals surface area (Å²) in [4.78, 5) is 18.9. The van der Waals surface area contributed by atoms with E-state index >= 15 is 0 Å². The number of benzene rings is 1. The minimum Gasteiger partial charge on any atom is -0.494 e. The van der Waals surface area contributed by atoms with Crippen LogP contribution in [0.1, 0.15) is 31.2 Å². The van der Waals surface area contributed by atoms with Crippen molar-refractivity contribution in [3.63, 3.8) is 0 Å². The van der Waals surface area contributed by atoms with Gasteiger partial charge in [0.15, 0.2) is 5.13 Å². The molecule has 6 heteroatoms. The second kappa shape index (κ2) is 8.15. The Bertz CT molecular complexity index is 708. The molecule has 0 saturated carbocycles. The second-order valence-electron chi connectivity index (χ2n) is 5.42. The van der Waals surface area contributed by atoms with Crippen LogP contribution in [0.3, 0.4) is 0 Å². The predicted octanol–water partition coefficient (Wildman–Crippen LogP) is 3.99. The third-order valence-corrected chi connectivity index (χ3v) is 4.91. The van der Waals surface area contributed by atoms with Crippen molar-refractivity contribution in [2.75, 3.05) is 24.6 Å². The Balaban J connectivity index is 2.49. The van der Waals surface area contributed by atoms with Crippen LogP contribution >= 0.6 is 11.3 Å². The van der Waals surface area contributed by atoms with Crippen molar-refractivity contribution in [2.45, 2.75) is 34.1 Å². The van der Waals surface area contributed by atoms with Crippen molar-refractivity contribution in [1.29, 1.82) is 0 Å². The number of ether oxygens (including phenoxy) is 1. The molecule has 0 spiro atoms. The third kappa shape index (κ3) is 4.06. The lowest BCUT2D eigenvalue weighted by atomic mass is 10.0. The summed E-state index contributed by atoms with van der Waals surface area (Å²) in [7, 11) is 0. The van der Waals surface area contributed by atoms with Gasteiger partial charge in [-0.2, -0.15) is 0 Å². The zero-order chi connectivity index (χ0) is 17.7. The number of carbonyl (C=O) groups is 1. The van der Waals surface area contributed by atoms with Crippen LogP contribution in [-0.2, 0) is 11.2 Å². The molecule has 24 heavy (non-hydrogen) atoms. The molecule has 2 rings (SSSR count). The minimum atomic E-state index is -0.838. The van der Waals surface area contributed by atoms with Gasteiger partial charge < -0.3 is 14.7 Å². The molecule has 0 amide bonds. The van der Waals surface area contributed by atoms with Gasteiger partial charge in [0.05, 0.1) is 18.7 Å². The van der Waals surface area contributed by atoms with Gasteiger partial charge in [0.2, 0.25) is 0 Å². The number of rotatable bonds is 8. The van der Waals surface area contributed by atoms with Crippen LogP contribution in [0.4, 0.5) is 5.13 Å². The summed E-state index contributed by atoms with van der Waals surface area (Å²) in [5.74, 6) is -0.0210. The highest BCUT2D eigenvalue weighted by molar-refractivity contribution is 7.16. The highest BCUT2D eigenvalue weighted by Gasteiger charge is 2.19. The zero-order valence-electron chi connectivity index (χ0n) is 14.6. The zero-order valence-corrected chi connectivity index (χ0v) is 15.4. The molecule has 0 radical (unpaired) electrons. The highest BCUT2D eigenvalue weighted by atomic mass is 32.1. The molecule has 0 saturated heterocycles. The Morgan fingerprint density at radius 3 is 2.54 bits per heavy atom. The van der Waals surface area contributed by atoms with Crippen molar-refractivity contribution < 1.29 is 14.6 Å². The van der Waals surface area contributed by atoms with E-state index in [1.165, 1.54) is 11.3 Å². The molecular formula is C18H24N2O3S. The topological polar surface area (TPSA) is 62.7 Å². The number of aromatic nitrogens is 1. The van der Waals surface area contributed by atoms with Gasteiger partial charge in [0, 0.05) is 23.5 Å². The van der Waals surface area contributed by atoms with Crippen molar-refractivity contribution in [3.8, 4) is 17.0 Å². The minimum absolute atomic E-state index is 0.0130. The molecule has 1 aromatic carbocycles. The summed E-state index contributed by atoms with van der Waals surface area (Å²) in [6, 6.07) is 5.85. The number of aryl methyl sites for hydroxylation is 1. The smallest absolute Gasteiger partial charge is 0.308 e.